The van der Waals surface area contributed by atoms with Crippen LogP contribution in [0.1, 0.15) is 39.2 Å². The maximum atomic E-state index is 5.81. The molecule has 0 aliphatic heterocycles. The summed E-state index contributed by atoms with van der Waals surface area (Å²) >= 11 is 0. The van der Waals surface area contributed by atoms with E-state index in [0.29, 0.717) is 6.73 Å². The van der Waals surface area contributed by atoms with Crippen LogP contribution in [0.4, 0.5) is 0 Å². The molecule has 2 aromatic rings. The molecule has 1 N–H and O–H groups in total. The molecular weight excluding hydrogens is 260 g/mol. The van der Waals surface area contributed by atoms with E-state index in [4.69, 9.17) is 4.74 Å². The zero-order chi connectivity index (χ0) is 14.9. The monoisotopic (exact) mass is 286 g/mol. The number of benzene rings is 1. The average Bonchev–Trinajstić information content (AvgIpc) is 3.16. The van der Waals surface area contributed by atoms with Gasteiger partial charge in [0.05, 0.1) is 12.1 Å². The van der Waals surface area contributed by atoms with Crippen molar-refractivity contribution in [3.63, 3.8) is 0 Å². The lowest BCUT2D eigenvalue weighted by atomic mass is 10.1. The number of nitrogens with zero attached hydrogens (tertiary/aromatic N) is 1. The van der Waals surface area contributed by atoms with Crippen molar-refractivity contribution in [2.45, 2.75) is 52.4 Å². The van der Waals surface area contributed by atoms with Crippen molar-refractivity contribution in [2.75, 3.05) is 6.61 Å². The Bertz CT molecular complexity index is 605. The SMILES string of the molecule is CC(C)(C)NCc1ccc2ccn(COCC3CC3)c2c1. The molecule has 0 amide bonds. The van der Waals surface area contributed by atoms with Crippen molar-refractivity contribution < 1.29 is 4.74 Å². The first-order chi connectivity index (χ1) is 10.0. The van der Waals surface area contributed by atoms with Crippen LogP contribution in [-0.2, 0) is 18.0 Å². The number of nitrogens with one attached hydrogen (secondary N) is 1. The van der Waals surface area contributed by atoms with Gasteiger partial charge in [0.15, 0.2) is 0 Å². The summed E-state index contributed by atoms with van der Waals surface area (Å²) in [5.41, 5.74) is 2.73. The van der Waals surface area contributed by atoms with E-state index in [0.717, 1.165) is 19.1 Å². The van der Waals surface area contributed by atoms with Gasteiger partial charge in [0.2, 0.25) is 0 Å². The lowest BCUT2D eigenvalue weighted by molar-refractivity contribution is 0.0717. The van der Waals surface area contributed by atoms with Crippen molar-refractivity contribution in [2.24, 2.45) is 5.92 Å². The van der Waals surface area contributed by atoms with Crippen LogP contribution in [0.5, 0.6) is 0 Å². The Kier molecular flexibility index (Phi) is 4.05. The van der Waals surface area contributed by atoms with Crippen LogP contribution in [0.25, 0.3) is 10.9 Å². The van der Waals surface area contributed by atoms with Crippen LogP contribution < -0.4 is 5.32 Å². The van der Waals surface area contributed by atoms with Gasteiger partial charge in [-0.05, 0) is 62.6 Å². The summed E-state index contributed by atoms with van der Waals surface area (Å²) in [6, 6.07) is 8.84. The molecule has 1 aliphatic carbocycles. The van der Waals surface area contributed by atoms with Crippen LogP contribution in [0, 0.1) is 5.92 Å². The lowest BCUT2D eigenvalue weighted by Gasteiger charge is -2.20. The van der Waals surface area contributed by atoms with Gasteiger partial charge in [-0.25, -0.2) is 0 Å². The predicted octanol–water partition coefficient (Wildman–Crippen LogP) is 3.91. The molecule has 0 saturated heterocycles. The highest BCUT2D eigenvalue weighted by Gasteiger charge is 2.21. The third-order valence-corrected chi connectivity index (χ3v) is 3.94. The molecule has 0 spiro atoms. The Balaban J connectivity index is 1.68. The number of fused-ring (bicyclic) bond motifs is 1. The average molecular weight is 286 g/mol. The zero-order valence-corrected chi connectivity index (χ0v) is 13.4. The summed E-state index contributed by atoms with van der Waals surface area (Å²) in [5.74, 6) is 0.818. The highest BCUT2D eigenvalue weighted by Crippen LogP contribution is 2.29. The van der Waals surface area contributed by atoms with E-state index >= 15 is 0 Å². The van der Waals surface area contributed by atoms with Gasteiger partial charge in [0.25, 0.3) is 0 Å². The van der Waals surface area contributed by atoms with Crippen molar-refractivity contribution in [3.8, 4) is 0 Å². The maximum Gasteiger partial charge on any atom is 0.122 e. The van der Waals surface area contributed by atoms with E-state index in [2.05, 4.69) is 61.1 Å². The minimum Gasteiger partial charge on any atom is -0.360 e. The second-order valence-corrected chi connectivity index (χ2v) is 7.23. The van der Waals surface area contributed by atoms with E-state index in [1.54, 1.807) is 0 Å². The first-order valence-electron chi connectivity index (χ1n) is 7.92. The summed E-state index contributed by atoms with van der Waals surface area (Å²) in [7, 11) is 0. The quantitative estimate of drug-likeness (QED) is 0.871. The molecule has 21 heavy (non-hydrogen) atoms. The number of rotatable bonds is 6. The fourth-order valence-electron chi connectivity index (χ4n) is 2.42. The number of ether oxygens (including phenoxy) is 1. The molecule has 1 aromatic heterocycles. The molecule has 3 heteroatoms. The highest BCUT2D eigenvalue weighted by atomic mass is 16.5. The smallest absolute Gasteiger partial charge is 0.122 e. The molecule has 1 aromatic carbocycles. The van der Waals surface area contributed by atoms with Crippen molar-refractivity contribution >= 4 is 10.9 Å². The first kappa shape index (κ1) is 14.6. The fourth-order valence-corrected chi connectivity index (χ4v) is 2.42. The van der Waals surface area contributed by atoms with E-state index in [9.17, 15) is 0 Å². The molecule has 3 nitrogen and oxygen atoms in total. The van der Waals surface area contributed by atoms with Crippen molar-refractivity contribution in [1.82, 2.24) is 9.88 Å². The van der Waals surface area contributed by atoms with Gasteiger partial charge in [-0.15, -0.1) is 0 Å². The molecule has 1 aliphatic rings. The Labute approximate surface area is 127 Å². The van der Waals surface area contributed by atoms with Gasteiger partial charge >= 0.3 is 0 Å². The largest absolute Gasteiger partial charge is 0.360 e. The van der Waals surface area contributed by atoms with Crippen LogP contribution in [0.3, 0.4) is 0 Å². The van der Waals surface area contributed by atoms with Crippen LogP contribution in [0.15, 0.2) is 30.5 Å². The van der Waals surface area contributed by atoms with E-state index in [1.165, 1.54) is 29.3 Å². The summed E-state index contributed by atoms with van der Waals surface area (Å²) in [5, 5.41) is 4.82. The molecular formula is C18H26N2O. The topological polar surface area (TPSA) is 26.2 Å². The van der Waals surface area contributed by atoms with Gasteiger partial charge in [0.1, 0.15) is 6.73 Å². The van der Waals surface area contributed by atoms with Crippen molar-refractivity contribution in [3.05, 3.63) is 36.0 Å². The molecule has 1 heterocycles. The molecule has 3 rings (SSSR count). The Morgan fingerprint density at radius 2 is 2.05 bits per heavy atom. The molecule has 0 unspecified atom stereocenters. The van der Waals surface area contributed by atoms with Gasteiger partial charge in [-0.2, -0.15) is 0 Å². The number of aromatic nitrogens is 1. The molecule has 0 radical (unpaired) electrons. The van der Waals surface area contributed by atoms with E-state index in [-0.39, 0.29) is 5.54 Å². The van der Waals surface area contributed by atoms with Gasteiger partial charge in [-0.3, -0.25) is 0 Å². The van der Waals surface area contributed by atoms with Crippen molar-refractivity contribution in [1.29, 1.82) is 0 Å². The number of hydrogen-bond acceptors (Lipinski definition) is 2. The molecule has 1 fully saturated rings. The predicted molar refractivity (Wildman–Crippen MR) is 87.2 cm³/mol. The van der Waals surface area contributed by atoms with Crippen LogP contribution in [-0.4, -0.2) is 16.7 Å². The maximum absolute atomic E-state index is 5.81. The third kappa shape index (κ3) is 4.08. The lowest BCUT2D eigenvalue weighted by Crippen LogP contribution is -2.35. The third-order valence-electron chi connectivity index (χ3n) is 3.94. The highest BCUT2D eigenvalue weighted by molar-refractivity contribution is 5.80. The Morgan fingerprint density at radius 3 is 2.76 bits per heavy atom. The van der Waals surface area contributed by atoms with Gasteiger partial charge in [0, 0.05) is 18.3 Å². The van der Waals surface area contributed by atoms with Gasteiger partial charge < -0.3 is 14.6 Å². The minimum atomic E-state index is 0.143. The summed E-state index contributed by atoms with van der Waals surface area (Å²) in [4.78, 5) is 0. The summed E-state index contributed by atoms with van der Waals surface area (Å²) in [6.07, 6.45) is 4.81. The fraction of sp³-hybridized carbons (Fsp3) is 0.556. The Morgan fingerprint density at radius 1 is 1.24 bits per heavy atom. The molecule has 1 saturated carbocycles. The van der Waals surface area contributed by atoms with Crippen LogP contribution in [0.2, 0.25) is 0 Å². The van der Waals surface area contributed by atoms with Gasteiger partial charge in [-0.1, -0.05) is 12.1 Å². The minimum absolute atomic E-state index is 0.143. The normalized spacial score (nSPS) is 15.8. The second-order valence-electron chi connectivity index (χ2n) is 7.23. The zero-order valence-electron chi connectivity index (χ0n) is 13.4. The van der Waals surface area contributed by atoms with Crippen LogP contribution >= 0.6 is 0 Å². The Hall–Kier alpha value is -1.32. The molecule has 0 bridgehead atoms. The standard InChI is InChI=1S/C18H26N2O/c1-18(2,3)19-11-15-6-7-16-8-9-20(17(16)10-15)13-21-12-14-4-5-14/h6-10,14,19H,4-5,11-13H2,1-3H3. The summed E-state index contributed by atoms with van der Waals surface area (Å²) < 4.78 is 8.02. The summed E-state index contributed by atoms with van der Waals surface area (Å²) in [6.45, 7) is 9.05. The van der Waals surface area contributed by atoms with E-state index in [1.807, 2.05) is 0 Å². The second kappa shape index (κ2) is 5.82. The number of hydrogen-bond donors (Lipinski definition) is 1. The molecule has 0 atom stereocenters. The molecule has 114 valence electrons. The van der Waals surface area contributed by atoms with E-state index < -0.39 is 0 Å². The first-order valence-corrected chi connectivity index (χ1v) is 7.92.